The van der Waals surface area contributed by atoms with E-state index in [1.54, 1.807) is 24.8 Å². The Labute approximate surface area is 121 Å². The molecular formula is C15H15N3OS. The zero-order valence-electron chi connectivity index (χ0n) is 11.2. The first-order valence-electron chi connectivity index (χ1n) is 6.42. The predicted molar refractivity (Wildman–Crippen MR) is 82.6 cm³/mol. The van der Waals surface area contributed by atoms with Crippen molar-refractivity contribution < 1.29 is 4.74 Å². The molecule has 102 valence electrons. The van der Waals surface area contributed by atoms with Crippen molar-refractivity contribution in [3.8, 4) is 5.75 Å². The van der Waals surface area contributed by atoms with Crippen molar-refractivity contribution in [1.29, 1.82) is 0 Å². The lowest BCUT2D eigenvalue weighted by atomic mass is 10.1. The van der Waals surface area contributed by atoms with Crippen molar-refractivity contribution >= 4 is 27.4 Å². The van der Waals surface area contributed by atoms with Gasteiger partial charge in [-0.25, -0.2) is 9.97 Å². The molecule has 3 rings (SSSR count). The van der Waals surface area contributed by atoms with E-state index in [0.717, 1.165) is 34.7 Å². The highest BCUT2D eigenvalue weighted by Gasteiger charge is 2.04. The Hall–Kier alpha value is -2.14. The Morgan fingerprint density at radius 3 is 3.10 bits per heavy atom. The molecule has 0 amide bonds. The molecule has 1 N–H and O–H groups in total. The molecule has 0 aliphatic carbocycles. The summed E-state index contributed by atoms with van der Waals surface area (Å²) in [6.07, 6.45) is 2.53. The molecular weight excluding hydrogens is 270 g/mol. The first-order valence-corrected chi connectivity index (χ1v) is 7.30. The van der Waals surface area contributed by atoms with Crippen LogP contribution >= 0.6 is 11.3 Å². The Balaban J connectivity index is 1.66. The van der Waals surface area contributed by atoms with Crippen LogP contribution in [-0.4, -0.2) is 23.6 Å². The molecule has 0 saturated carbocycles. The molecule has 5 heteroatoms. The van der Waals surface area contributed by atoms with Crippen molar-refractivity contribution in [3.63, 3.8) is 0 Å². The van der Waals surface area contributed by atoms with Crippen LogP contribution in [0.3, 0.4) is 0 Å². The first kappa shape index (κ1) is 12.9. The fraction of sp³-hybridized carbons (Fsp3) is 0.200. The molecule has 0 aliphatic rings. The third kappa shape index (κ3) is 2.72. The van der Waals surface area contributed by atoms with E-state index in [1.807, 2.05) is 23.6 Å². The maximum atomic E-state index is 5.23. The van der Waals surface area contributed by atoms with E-state index in [0.29, 0.717) is 0 Å². The van der Waals surface area contributed by atoms with E-state index in [1.165, 1.54) is 5.56 Å². The standard InChI is InChI=1S/C15H15N3OS/c1-19-12-4-2-3-11(9-12)5-7-16-14-13-6-8-20-15(13)18-10-17-14/h2-4,6,8-10H,5,7H2,1H3,(H,16,17,18). The van der Waals surface area contributed by atoms with Crippen molar-refractivity contribution in [2.75, 3.05) is 19.0 Å². The molecule has 0 bridgehead atoms. The second-order valence-electron chi connectivity index (χ2n) is 4.39. The quantitative estimate of drug-likeness (QED) is 0.781. The maximum Gasteiger partial charge on any atom is 0.138 e. The predicted octanol–water partition coefficient (Wildman–Crippen LogP) is 3.35. The Bertz CT molecular complexity index is 711. The van der Waals surface area contributed by atoms with Gasteiger partial charge in [-0.15, -0.1) is 11.3 Å². The van der Waals surface area contributed by atoms with Gasteiger partial charge in [-0.3, -0.25) is 0 Å². The maximum absolute atomic E-state index is 5.23. The Kier molecular flexibility index (Phi) is 3.78. The SMILES string of the molecule is COc1cccc(CCNc2ncnc3sccc23)c1. The number of ether oxygens (including phenoxy) is 1. The van der Waals surface area contributed by atoms with Gasteiger partial charge in [0.1, 0.15) is 22.7 Å². The van der Waals surface area contributed by atoms with E-state index in [4.69, 9.17) is 4.74 Å². The summed E-state index contributed by atoms with van der Waals surface area (Å²) < 4.78 is 5.23. The normalized spacial score (nSPS) is 10.7. The van der Waals surface area contributed by atoms with Crippen molar-refractivity contribution in [1.82, 2.24) is 9.97 Å². The lowest BCUT2D eigenvalue weighted by Crippen LogP contribution is -2.06. The topological polar surface area (TPSA) is 47.0 Å². The molecule has 4 nitrogen and oxygen atoms in total. The summed E-state index contributed by atoms with van der Waals surface area (Å²) in [7, 11) is 1.69. The fourth-order valence-electron chi connectivity index (χ4n) is 2.08. The van der Waals surface area contributed by atoms with Gasteiger partial charge in [0, 0.05) is 6.54 Å². The number of hydrogen-bond donors (Lipinski definition) is 1. The summed E-state index contributed by atoms with van der Waals surface area (Å²) in [6, 6.07) is 10.2. The molecule has 0 saturated heterocycles. The summed E-state index contributed by atoms with van der Waals surface area (Å²) in [5, 5.41) is 6.50. The number of methoxy groups -OCH3 is 1. The molecule has 0 spiro atoms. The number of fused-ring (bicyclic) bond motifs is 1. The summed E-state index contributed by atoms with van der Waals surface area (Å²) in [4.78, 5) is 9.56. The number of benzene rings is 1. The molecule has 1 aromatic carbocycles. The highest BCUT2D eigenvalue weighted by Crippen LogP contribution is 2.23. The third-order valence-corrected chi connectivity index (χ3v) is 3.92. The summed E-state index contributed by atoms with van der Waals surface area (Å²) in [6.45, 7) is 0.828. The Morgan fingerprint density at radius 2 is 2.20 bits per heavy atom. The van der Waals surface area contributed by atoms with Crippen LogP contribution in [0.25, 0.3) is 10.2 Å². The molecule has 0 unspecified atom stereocenters. The van der Waals surface area contributed by atoms with Crippen molar-refractivity contribution in [3.05, 3.63) is 47.6 Å². The van der Waals surface area contributed by atoms with Gasteiger partial charge in [0.25, 0.3) is 0 Å². The van der Waals surface area contributed by atoms with Crippen LogP contribution in [0, 0.1) is 0 Å². The van der Waals surface area contributed by atoms with E-state index >= 15 is 0 Å². The first-order chi connectivity index (χ1) is 9.86. The third-order valence-electron chi connectivity index (χ3n) is 3.10. The molecule has 2 aromatic heterocycles. The number of nitrogens with one attached hydrogen (secondary N) is 1. The lowest BCUT2D eigenvalue weighted by Gasteiger charge is -2.07. The van der Waals surface area contributed by atoms with Gasteiger partial charge in [0.2, 0.25) is 0 Å². The van der Waals surface area contributed by atoms with E-state index in [2.05, 4.69) is 27.4 Å². The summed E-state index contributed by atoms with van der Waals surface area (Å²) >= 11 is 1.63. The highest BCUT2D eigenvalue weighted by molar-refractivity contribution is 7.16. The zero-order valence-corrected chi connectivity index (χ0v) is 12.0. The van der Waals surface area contributed by atoms with Crippen LogP contribution in [0.1, 0.15) is 5.56 Å². The van der Waals surface area contributed by atoms with Gasteiger partial charge in [0.15, 0.2) is 0 Å². The summed E-state index contributed by atoms with van der Waals surface area (Å²) in [5.41, 5.74) is 1.24. The smallest absolute Gasteiger partial charge is 0.138 e. The van der Waals surface area contributed by atoms with Crippen LogP contribution in [0.5, 0.6) is 5.75 Å². The van der Waals surface area contributed by atoms with Crippen LogP contribution < -0.4 is 10.1 Å². The second-order valence-corrected chi connectivity index (χ2v) is 5.28. The van der Waals surface area contributed by atoms with Gasteiger partial charge >= 0.3 is 0 Å². The molecule has 0 fully saturated rings. The van der Waals surface area contributed by atoms with Crippen molar-refractivity contribution in [2.24, 2.45) is 0 Å². The number of thiophene rings is 1. The minimum Gasteiger partial charge on any atom is -0.497 e. The monoisotopic (exact) mass is 285 g/mol. The van der Waals surface area contributed by atoms with Crippen molar-refractivity contribution in [2.45, 2.75) is 6.42 Å². The van der Waals surface area contributed by atoms with Gasteiger partial charge < -0.3 is 10.1 Å². The van der Waals surface area contributed by atoms with Gasteiger partial charge in [-0.05, 0) is 35.6 Å². The lowest BCUT2D eigenvalue weighted by molar-refractivity contribution is 0.414. The number of aromatic nitrogens is 2. The average Bonchev–Trinajstić information content (AvgIpc) is 2.97. The molecule has 3 aromatic rings. The largest absolute Gasteiger partial charge is 0.497 e. The highest BCUT2D eigenvalue weighted by atomic mass is 32.1. The summed E-state index contributed by atoms with van der Waals surface area (Å²) in [5.74, 6) is 1.80. The minimum absolute atomic E-state index is 0.828. The van der Waals surface area contributed by atoms with Crippen LogP contribution in [0.4, 0.5) is 5.82 Å². The van der Waals surface area contributed by atoms with Crippen LogP contribution in [0.2, 0.25) is 0 Å². The van der Waals surface area contributed by atoms with E-state index in [-0.39, 0.29) is 0 Å². The molecule has 0 radical (unpaired) electrons. The molecule has 0 atom stereocenters. The van der Waals surface area contributed by atoms with Gasteiger partial charge in [0.05, 0.1) is 12.5 Å². The number of rotatable bonds is 5. The number of anilines is 1. The average molecular weight is 285 g/mol. The minimum atomic E-state index is 0.828. The second kappa shape index (κ2) is 5.88. The van der Waals surface area contributed by atoms with Gasteiger partial charge in [-0.2, -0.15) is 0 Å². The van der Waals surface area contributed by atoms with Crippen LogP contribution in [-0.2, 0) is 6.42 Å². The zero-order chi connectivity index (χ0) is 13.8. The molecule has 20 heavy (non-hydrogen) atoms. The molecule has 2 heterocycles. The number of hydrogen-bond acceptors (Lipinski definition) is 5. The van der Waals surface area contributed by atoms with Crippen LogP contribution in [0.15, 0.2) is 42.0 Å². The molecule has 0 aliphatic heterocycles. The van der Waals surface area contributed by atoms with E-state index < -0.39 is 0 Å². The Morgan fingerprint density at radius 1 is 1.25 bits per heavy atom. The van der Waals surface area contributed by atoms with Gasteiger partial charge in [-0.1, -0.05) is 12.1 Å². The number of nitrogens with zero attached hydrogens (tertiary/aromatic N) is 2. The fourth-order valence-corrected chi connectivity index (χ4v) is 2.82. The van der Waals surface area contributed by atoms with E-state index in [9.17, 15) is 0 Å².